The summed E-state index contributed by atoms with van der Waals surface area (Å²) in [6, 6.07) is 15.3. The van der Waals surface area contributed by atoms with Crippen LogP contribution in [0.4, 0.5) is 0 Å². The maximum Gasteiger partial charge on any atom is 0.193 e. The van der Waals surface area contributed by atoms with Crippen molar-refractivity contribution in [2.24, 2.45) is 0 Å². The molecule has 0 saturated heterocycles. The van der Waals surface area contributed by atoms with Crippen molar-refractivity contribution in [3.8, 4) is 0 Å². The molecule has 3 rings (SSSR count). The van der Waals surface area contributed by atoms with Crippen LogP contribution in [0, 0.1) is 0 Å². The number of carbonyl (C=O) groups is 1. The molecular formula is C16H14O2. The fraction of sp³-hybridized carbons (Fsp3) is 0.188. The van der Waals surface area contributed by atoms with Crippen molar-refractivity contribution in [3.05, 3.63) is 70.8 Å². The van der Waals surface area contributed by atoms with E-state index >= 15 is 0 Å². The number of fused-ring (bicyclic) bond motifs is 2. The molecule has 0 heterocycles. The molecule has 0 spiro atoms. The smallest absolute Gasteiger partial charge is 0.193 e. The van der Waals surface area contributed by atoms with Gasteiger partial charge < -0.3 is 4.74 Å². The zero-order chi connectivity index (χ0) is 12.8. The SMILES string of the molecule is COC1(C)c2ccccc2C(=O)c2ccccc21. The highest BCUT2D eigenvalue weighted by atomic mass is 16.5. The second-order valence-corrected chi connectivity index (χ2v) is 4.66. The van der Waals surface area contributed by atoms with Gasteiger partial charge in [-0.05, 0) is 18.1 Å². The normalized spacial score (nSPS) is 16.0. The van der Waals surface area contributed by atoms with E-state index in [1.165, 1.54) is 0 Å². The lowest BCUT2D eigenvalue weighted by atomic mass is 9.75. The molecule has 90 valence electrons. The molecule has 2 aromatic rings. The summed E-state index contributed by atoms with van der Waals surface area (Å²) >= 11 is 0. The average Bonchev–Trinajstić information content (AvgIpc) is 2.45. The maximum atomic E-state index is 12.5. The lowest BCUT2D eigenvalue weighted by Crippen LogP contribution is -2.34. The predicted octanol–water partition coefficient (Wildman–Crippen LogP) is 3.14. The first-order chi connectivity index (χ1) is 8.68. The number of hydrogen-bond acceptors (Lipinski definition) is 2. The molecule has 0 radical (unpaired) electrons. The van der Waals surface area contributed by atoms with Crippen LogP contribution in [0.15, 0.2) is 48.5 Å². The minimum absolute atomic E-state index is 0.0794. The van der Waals surface area contributed by atoms with E-state index in [1.807, 2.05) is 55.5 Å². The number of benzene rings is 2. The number of hydrogen-bond donors (Lipinski definition) is 0. The highest BCUT2D eigenvalue weighted by Gasteiger charge is 2.39. The van der Waals surface area contributed by atoms with Crippen LogP contribution in [0.5, 0.6) is 0 Å². The van der Waals surface area contributed by atoms with Crippen LogP contribution in [0.2, 0.25) is 0 Å². The van der Waals surface area contributed by atoms with E-state index in [1.54, 1.807) is 7.11 Å². The van der Waals surface area contributed by atoms with Gasteiger partial charge in [0, 0.05) is 18.2 Å². The lowest BCUT2D eigenvalue weighted by Gasteiger charge is -2.35. The lowest BCUT2D eigenvalue weighted by molar-refractivity contribution is 0.0353. The van der Waals surface area contributed by atoms with Crippen LogP contribution >= 0.6 is 0 Å². The Balaban J connectivity index is 2.38. The number of carbonyl (C=O) groups excluding carboxylic acids is 1. The zero-order valence-electron chi connectivity index (χ0n) is 10.4. The Morgan fingerprint density at radius 3 is 1.78 bits per heavy atom. The minimum Gasteiger partial charge on any atom is -0.369 e. The number of rotatable bonds is 1. The Morgan fingerprint density at radius 2 is 1.33 bits per heavy atom. The van der Waals surface area contributed by atoms with E-state index in [0.29, 0.717) is 0 Å². The summed E-state index contributed by atoms with van der Waals surface area (Å²) in [6.07, 6.45) is 0. The largest absolute Gasteiger partial charge is 0.369 e. The topological polar surface area (TPSA) is 26.3 Å². The standard InChI is InChI=1S/C16H14O2/c1-16(18-2)13-9-5-3-7-11(13)15(17)12-8-4-6-10-14(12)16/h3-10H,1-2H3. The van der Waals surface area contributed by atoms with Gasteiger partial charge in [-0.3, -0.25) is 4.79 Å². The monoisotopic (exact) mass is 238 g/mol. The van der Waals surface area contributed by atoms with Gasteiger partial charge in [0.25, 0.3) is 0 Å². The predicted molar refractivity (Wildman–Crippen MR) is 69.8 cm³/mol. The Bertz CT molecular complexity index is 579. The molecule has 0 aliphatic heterocycles. The first kappa shape index (κ1) is 11.2. The molecule has 0 N–H and O–H groups in total. The van der Waals surface area contributed by atoms with Gasteiger partial charge in [0.2, 0.25) is 0 Å². The molecule has 0 atom stereocenters. The summed E-state index contributed by atoms with van der Waals surface area (Å²) in [5.41, 5.74) is 2.80. The van der Waals surface area contributed by atoms with Crippen molar-refractivity contribution in [3.63, 3.8) is 0 Å². The summed E-state index contributed by atoms with van der Waals surface area (Å²) in [5, 5.41) is 0. The molecule has 0 bridgehead atoms. The second kappa shape index (κ2) is 3.79. The third kappa shape index (κ3) is 1.30. The number of ether oxygens (including phenoxy) is 1. The van der Waals surface area contributed by atoms with Crippen LogP contribution in [-0.2, 0) is 10.3 Å². The van der Waals surface area contributed by atoms with Gasteiger partial charge >= 0.3 is 0 Å². The van der Waals surface area contributed by atoms with E-state index in [4.69, 9.17) is 4.74 Å². The van der Waals surface area contributed by atoms with Crippen molar-refractivity contribution < 1.29 is 9.53 Å². The average molecular weight is 238 g/mol. The quantitative estimate of drug-likeness (QED) is 0.763. The van der Waals surface area contributed by atoms with Crippen LogP contribution in [0.3, 0.4) is 0 Å². The molecule has 0 unspecified atom stereocenters. The van der Waals surface area contributed by atoms with Crippen molar-refractivity contribution >= 4 is 5.78 Å². The van der Waals surface area contributed by atoms with Crippen LogP contribution in [0.25, 0.3) is 0 Å². The highest BCUT2D eigenvalue weighted by molar-refractivity contribution is 6.13. The Morgan fingerprint density at radius 1 is 0.889 bits per heavy atom. The molecule has 1 aliphatic carbocycles. The summed E-state index contributed by atoms with van der Waals surface area (Å²) in [7, 11) is 1.68. The van der Waals surface area contributed by atoms with Gasteiger partial charge in [-0.1, -0.05) is 48.5 Å². The first-order valence-electron chi connectivity index (χ1n) is 5.97. The van der Waals surface area contributed by atoms with Gasteiger partial charge in [-0.15, -0.1) is 0 Å². The van der Waals surface area contributed by atoms with E-state index < -0.39 is 5.60 Å². The van der Waals surface area contributed by atoms with Crippen LogP contribution in [0.1, 0.15) is 34.0 Å². The zero-order valence-corrected chi connectivity index (χ0v) is 10.4. The minimum atomic E-state index is -0.554. The third-order valence-corrected chi connectivity index (χ3v) is 3.78. The van der Waals surface area contributed by atoms with Crippen LogP contribution < -0.4 is 0 Å². The fourth-order valence-corrected chi connectivity index (χ4v) is 2.70. The molecule has 0 aromatic heterocycles. The van der Waals surface area contributed by atoms with E-state index in [2.05, 4.69) is 0 Å². The van der Waals surface area contributed by atoms with Gasteiger partial charge in [-0.2, -0.15) is 0 Å². The Hall–Kier alpha value is -1.93. The molecule has 2 heteroatoms. The molecular weight excluding hydrogens is 224 g/mol. The summed E-state index contributed by atoms with van der Waals surface area (Å²) in [4.78, 5) is 12.5. The number of ketones is 1. The molecule has 0 saturated carbocycles. The van der Waals surface area contributed by atoms with Crippen molar-refractivity contribution in [1.29, 1.82) is 0 Å². The van der Waals surface area contributed by atoms with Gasteiger partial charge in [-0.25, -0.2) is 0 Å². The summed E-state index contributed by atoms with van der Waals surface area (Å²) < 4.78 is 5.73. The molecule has 2 aromatic carbocycles. The van der Waals surface area contributed by atoms with Crippen molar-refractivity contribution in [2.45, 2.75) is 12.5 Å². The summed E-state index contributed by atoms with van der Waals surface area (Å²) in [6.45, 7) is 2.01. The first-order valence-corrected chi connectivity index (χ1v) is 5.97. The molecule has 1 aliphatic rings. The summed E-state index contributed by atoms with van der Waals surface area (Å²) in [5.74, 6) is 0.0794. The number of methoxy groups -OCH3 is 1. The van der Waals surface area contributed by atoms with E-state index in [9.17, 15) is 4.79 Å². The Kier molecular flexibility index (Phi) is 2.35. The molecule has 2 nitrogen and oxygen atoms in total. The maximum absolute atomic E-state index is 12.5. The molecule has 18 heavy (non-hydrogen) atoms. The van der Waals surface area contributed by atoms with E-state index in [0.717, 1.165) is 22.3 Å². The van der Waals surface area contributed by atoms with Crippen LogP contribution in [-0.4, -0.2) is 12.9 Å². The Labute approximate surface area is 106 Å². The third-order valence-electron chi connectivity index (χ3n) is 3.78. The van der Waals surface area contributed by atoms with E-state index in [-0.39, 0.29) is 5.78 Å². The van der Waals surface area contributed by atoms with Gasteiger partial charge in [0.15, 0.2) is 5.78 Å². The molecule has 0 fully saturated rings. The van der Waals surface area contributed by atoms with Gasteiger partial charge in [0.1, 0.15) is 5.60 Å². The second-order valence-electron chi connectivity index (χ2n) is 4.66. The van der Waals surface area contributed by atoms with Crippen molar-refractivity contribution in [1.82, 2.24) is 0 Å². The molecule has 0 amide bonds. The highest BCUT2D eigenvalue weighted by Crippen LogP contribution is 2.41. The van der Waals surface area contributed by atoms with Gasteiger partial charge in [0.05, 0.1) is 0 Å². The fourth-order valence-electron chi connectivity index (χ4n) is 2.70. The van der Waals surface area contributed by atoms with Crippen molar-refractivity contribution in [2.75, 3.05) is 7.11 Å².